The zero-order valence-corrected chi connectivity index (χ0v) is 10.6. The van der Waals surface area contributed by atoms with Gasteiger partial charge in [-0.2, -0.15) is 0 Å². The van der Waals surface area contributed by atoms with E-state index in [0.29, 0.717) is 17.5 Å². The second-order valence-electron chi connectivity index (χ2n) is 3.17. The Morgan fingerprint density at radius 3 is 2.93 bits per heavy atom. The van der Waals surface area contributed by atoms with Gasteiger partial charge in [0.05, 0.1) is 12.7 Å². The van der Waals surface area contributed by atoms with E-state index < -0.39 is 10.8 Å². The molecular formula is C9H16ClN3OS. The average Bonchev–Trinajstić information content (AvgIpc) is 2.55. The molecule has 0 saturated carbocycles. The first-order valence-electron chi connectivity index (χ1n) is 4.87. The number of nitrogens with one attached hydrogen (secondary N) is 1. The molecular weight excluding hydrogens is 234 g/mol. The fourth-order valence-electron chi connectivity index (χ4n) is 1.12. The molecule has 0 radical (unpaired) electrons. The van der Waals surface area contributed by atoms with E-state index in [1.165, 1.54) is 0 Å². The van der Waals surface area contributed by atoms with E-state index in [0.717, 1.165) is 18.1 Å². The van der Waals surface area contributed by atoms with Crippen molar-refractivity contribution in [3.8, 4) is 0 Å². The maximum Gasteiger partial charge on any atom is 0.128 e. The van der Waals surface area contributed by atoms with Crippen LogP contribution in [0, 0.1) is 0 Å². The van der Waals surface area contributed by atoms with Gasteiger partial charge >= 0.3 is 0 Å². The summed E-state index contributed by atoms with van der Waals surface area (Å²) in [4.78, 5) is 4.14. The monoisotopic (exact) mass is 249 g/mol. The first kappa shape index (κ1) is 12.7. The van der Waals surface area contributed by atoms with E-state index in [1.807, 2.05) is 18.5 Å². The van der Waals surface area contributed by atoms with Crippen LogP contribution in [0.4, 0.5) is 0 Å². The molecule has 1 unspecified atom stereocenters. The molecule has 15 heavy (non-hydrogen) atoms. The van der Waals surface area contributed by atoms with Crippen molar-refractivity contribution in [2.45, 2.75) is 13.5 Å². The Balaban J connectivity index is 2.26. The Kier molecular flexibility index (Phi) is 5.28. The fourth-order valence-corrected chi connectivity index (χ4v) is 1.93. The number of imidazole rings is 1. The lowest BCUT2D eigenvalue weighted by molar-refractivity contribution is 0.652. The zero-order valence-electron chi connectivity index (χ0n) is 8.99. The van der Waals surface area contributed by atoms with Crippen molar-refractivity contribution in [3.63, 3.8) is 0 Å². The lowest BCUT2D eigenvalue weighted by atomic mass is 10.5. The quantitative estimate of drug-likeness (QED) is 0.763. The van der Waals surface area contributed by atoms with Gasteiger partial charge in [0, 0.05) is 35.9 Å². The third-order valence-electron chi connectivity index (χ3n) is 2.14. The van der Waals surface area contributed by atoms with Crippen molar-refractivity contribution in [2.24, 2.45) is 7.05 Å². The molecule has 0 fully saturated rings. The number of rotatable bonds is 6. The van der Waals surface area contributed by atoms with Crippen LogP contribution < -0.4 is 5.32 Å². The van der Waals surface area contributed by atoms with Crippen molar-refractivity contribution >= 4 is 22.4 Å². The largest absolute Gasteiger partial charge is 0.321 e. The Labute approximate surface area is 97.5 Å². The maximum absolute atomic E-state index is 11.1. The molecule has 1 heterocycles. The molecule has 1 N–H and O–H groups in total. The molecule has 4 nitrogen and oxygen atoms in total. The van der Waals surface area contributed by atoms with Gasteiger partial charge in [0.1, 0.15) is 11.0 Å². The van der Waals surface area contributed by atoms with Gasteiger partial charge < -0.3 is 9.88 Å². The van der Waals surface area contributed by atoms with Crippen molar-refractivity contribution in [1.82, 2.24) is 14.9 Å². The van der Waals surface area contributed by atoms with Gasteiger partial charge in [0.15, 0.2) is 0 Å². The van der Waals surface area contributed by atoms with Crippen LogP contribution in [0.3, 0.4) is 0 Å². The van der Waals surface area contributed by atoms with Gasteiger partial charge in [-0.15, -0.1) is 0 Å². The van der Waals surface area contributed by atoms with Crippen molar-refractivity contribution in [1.29, 1.82) is 0 Å². The van der Waals surface area contributed by atoms with Gasteiger partial charge in [-0.1, -0.05) is 18.5 Å². The minimum atomic E-state index is -0.701. The summed E-state index contributed by atoms with van der Waals surface area (Å²) in [5.74, 6) is 2.30. The average molecular weight is 250 g/mol. The standard InChI is InChI=1S/C9H16ClN3OS/c1-3-15(14)5-4-11-7-9-12-6-8(10)13(9)2/h6,11H,3-5,7H2,1-2H3. The number of hydrogen-bond acceptors (Lipinski definition) is 3. The van der Waals surface area contributed by atoms with Gasteiger partial charge in [-0.3, -0.25) is 4.21 Å². The van der Waals surface area contributed by atoms with Crippen LogP contribution in [0.15, 0.2) is 6.20 Å². The van der Waals surface area contributed by atoms with E-state index in [1.54, 1.807) is 6.20 Å². The highest BCUT2D eigenvalue weighted by atomic mass is 35.5. The first-order chi connectivity index (χ1) is 7.15. The smallest absolute Gasteiger partial charge is 0.128 e. The van der Waals surface area contributed by atoms with Crippen LogP contribution in [0.2, 0.25) is 5.15 Å². The second-order valence-corrected chi connectivity index (χ2v) is 5.42. The van der Waals surface area contributed by atoms with Gasteiger partial charge in [0.25, 0.3) is 0 Å². The molecule has 0 aliphatic carbocycles. The predicted octanol–water partition coefficient (Wildman–Crippen LogP) is 0.932. The molecule has 0 aliphatic rings. The fraction of sp³-hybridized carbons (Fsp3) is 0.667. The summed E-state index contributed by atoms with van der Waals surface area (Å²) in [6.45, 7) is 3.32. The first-order valence-corrected chi connectivity index (χ1v) is 6.73. The summed E-state index contributed by atoms with van der Waals surface area (Å²) < 4.78 is 12.9. The van der Waals surface area contributed by atoms with Crippen molar-refractivity contribution in [2.75, 3.05) is 18.1 Å². The summed E-state index contributed by atoms with van der Waals surface area (Å²) in [5.41, 5.74) is 0. The number of hydrogen-bond donors (Lipinski definition) is 1. The molecule has 0 spiro atoms. The van der Waals surface area contributed by atoms with E-state index in [2.05, 4.69) is 10.3 Å². The van der Waals surface area contributed by atoms with Crippen LogP contribution in [0.1, 0.15) is 12.7 Å². The zero-order chi connectivity index (χ0) is 11.3. The summed E-state index contributed by atoms with van der Waals surface area (Å²) in [6.07, 6.45) is 1.63. The number of halogens is 1. The molecule has 0 saturated heterocycles. The maximum atomic E-state index is 11.1. The van der Waals surface area contributed by atoms with Gasteiger partial charge in [-0.05, 0) is 0 Å². The molecule has 0 bridgehead atoms. The molecule has 6 heteroatoms. The molecule has 0 aliphatic heterocycles. The summed E-state index contributed by atoms with van der Waals surface area (Å²) in [5, 5.41) is 3.81. The minimum absolute atomic E-state index is 0.629. The third kappa shape index (κ3) is 3.93. The molecule has 1 aromatic rings. The molecule has 86 valence electrons. The molecule has 1 aromatic heterocycles. The molecule has 0 aromatic carbocycles. The Bertz CT molecular complexity index is 340. The van der Waals surface area contributed by atoms with Crippen LogP contribution >= 0.6 is 11.6 Å². The van der Waals surface area contributed by atoms with E-state index in [-0.39, 0.29) is 0 Å². The Hall–Kier alpha value is -0.390. The van der Waals surface area contributed by atoms with Gasteiger partial charge in [0.2, 0.25) is 0 Å². The van der Waals surface area contributed by atoms with E-state index >= 15 is 0 Å². The summed E-state index contributed by atoms with van der Waals surface area (Å²) in [7, 11) is 1.17. The topological polar surface area (TPSA) is 46.9 Å². The van der Waals surface area contributed by atoms with Crippen LogP contribution in [-0.4, -0.2) is 31.8 Å². The Morgan fingerprint density at radius 2 is 2.40 bits per heavy atom. The van der Waals surface area contributed by atoms with Crippen LogP contribution in [0.5, 0.6) is 0 Å². The SMILES string of the molecule is CCS(=O)CCNCc1ncc(Cl)n1C. The predicted molar refractivity (Wildman–Crippen MR) is 63.5 cm³/mol. The number of nitrogens with zero attached hydrogens (tertiary/aromatic N) is 2. The van der Waals surface area contributed by atoms with Crippen LogP contribution in [0.25, 0.3) is 0 Å². The normalized spacial score (nSPS) is 13.0. The lowest BCUT2D eigenvalue weighted by Crippen LogP contribution is -2.22. The molecule has 1 rings (SSSR count). The van der Waals surface area contributed by atoms with Gasteiger partial charge in [-0.25, -0.2) is 4.98 Å². The third-order valence-corrected chi connectivity index (χ3v) is 3.79. The Morgan fingerprint density at radius 1 is 1.67 bits per heavy atom. The summed E-state index contributed by atoms with van der Waals surface area (Å²) >= 11 is 5.84. The second kappa shape index (κ2) is 6.25. The highest BCUT2D eigenvalue weighted by Gasteiger charge is 2.03. The van der Waals surface area contributed by atoms with Crippen molar-refractivity contribution in [3.05, 3.63) is 17.2 Å². The minimum Gasteiger partial charge on any atom is -0.321 e. The van der Waals surface area contributed by atoms with Crippen molar-refractivity contribution < 1.29 is 4.21 Å². The lowest BCUT2D eigenvalue weighted by Gasteiger charge is -2.04. The number of aromatic nitrogens is 2. The molecule has 0 amide bonds. The molecule has 1 atom stereocenters. The summed E-state index contributed by atoms with van der Waals surface area (Å²) in [6, 6.07) is 0. The highest BCUT2D eigenvalue weighted by molar-refractivity contribution is 7.84. The highest BCUT2D eigenvalue weighted by Crippen LogP contribution is 2.08. The van der Waals surface area contributed by atoms with E-state index in [4.69, 9.17) is 11.6 Å². The van der Waals surface area contributed by atoms with Crippen LogP contribution in [-0.2, 0) is 24.4 Å². The van der Waals surface area contributed by atoms with E-state index in [9.17, 15) is 4.21 Å².